The standard InChI is InChI=1S/C14H20ClN3O2/c15-13-10-17-12(9-18-13)14(19)16-7-4-8-20-11-5-2-1-3-6-11/h9-11H,1-8H2,(H,16,19). The van der Waals surface area contributed by atoms with Gasteiger partial charge in [-0.25, -0.2) is 9.97 Å². The summed E-state index contributed by atoms with van der Waals surface area (Å²) in [6.07, 6.45) is 10.2. The van der Waals surface area contributed by atoms with Crippen molar-refractivity contribution in [1.29, 1.82) is 0 Å². The van der Waals surface area contributed by atoms with Gasteiger partial charge in [-0.15, -0.1) is 0 Å². The van der Waals surface area contributed by atoms with Gasteiger partial charge >= 0.3 is 0 Å². The smallest absolute Gasteiger partial charge is 0.271 e. The molecule has 0 radical (unpaired) electrons. The molecule has 0 spiro atoms. The van der Waals surface area contributed by atoms with Gasteiger partial charge in [-0.3, -0.25) is 4.79 Å². The number of aromatic nitrogens is 2. The van der Waals surface area contributed by atoms with Crippen molar-refractivity contribution < 1.29 is 9.53 Å². The molecule has 20 heavy (non-hydrogen) atoms. The molecule has 110 valence electrons. The Hall–Kier alpha value is -1.20. The molecule has 2 rings (SSSR count). The van der Waals surface area contributed by atoms with Gasteiger partial charge in [0.1, 0.15) is 10.8 Å². The van der Waals surface area contributed by atoms with E-state index in [-0.39, 0.29) is 16.8 Å². The molecule has 1 saturated carbocycles. The number of nitrogens with zero attached hydrogens (tertiary/aromatic N) is 2. The molecule has 0 saturated heterocycles. The largest absolute Gasteiger partial charge is 0.378 e. The third kappa shape index (κ3) is 5.06. The van der Waals surface area contributed by atoms with Crippen molar-refractivity contribution in [2.75, 3.05) is 13.2 Å². The van der Waals surface area contributed by atoms with E-state index in [1.165, 1.54) is 44.5 Å². The molecule has 1 aliphatic carbocycles. The predicted octanol–water partition coefficient (Wildman–Crippen LogP) is 2.60. The average Bonchev–Trinajstić information content (AvgIpc) is 2.48. The van der Waals surface area contributed by atoms with Crippen LogP contribution in [0.3, 0.4) is 0 Å². The molecule has 6 heteroatoms. The molecule has 0 bridgehead atoms. The number of halogens is 1. The first-order valence-electron chi connectivity index (χ1n) is 7.13. The molecule has 0 atom stereocenters. The Balaban J connectivity index is 1.58. The fourth-order valence-electron chi connectivity index (χ4n) is 2.28. The number of ether oxygens (including phenoxy) is 1. The highest BCUT2D eigenvalue weighted by atomic mass is 35.5. The van der Waals surface area contributed by atoms with E-state index in [0.29, 0.717) is 19.3 Å². The summed E-state index contributed by atoms with van der Waals surface area (Å²) in [6.45, 7) is 1.27. The van der Waals surface area contributed by atoms with Crippen molar-refractivity contribution in [3.8, 4) is 0 Å². The van der Waals surface area contributed by atoms with E-state index in [2.05, 4.69) is 15.3 Å². The molecule has 1 aromatic heterocycles. The highest BCUT2D eigenvalue weighted by Crippen LogP contribution is 2.20. The lowest BCUT2D eigenvalue weighted by atomic mass is 9.98. The van der Waals surface area contributed by atoms with Gasteiger partial charge in [-0.05, 0) is 19.3 Å². The number of hydrogen-bond acceptors (Lipinski definition) is 4. The summed E-state index contributed by atoms with van der Waals surface area (Å²) in [4.78, 5) is 19.5. The number of amides is 1. The minimum atomic E-state index is -0.230. The fourth-order valence-corrected chi connectivity index (χ4v) is 2.37. The zero-order valence-corrected chi connectivity index (χ0v) is 12.2. The molecule has 1 amide bonds. The van der Waals surface area contributed by atoms with E-state index in [9.17, 15) is 4.79 Å². The number of carbonyl (C=O) groups excluding carboxylic acids is 1. The molecule has 1 aliphatic rings. The van der Waals surface area contributed by atoms with Gasteiger partial charge in [-0.2, -0.15) is 0 Å². The summed E-state index contributed by atoms with van der Waals surface area (Å²) >= 11 is 5.61. The summed E-state index contributed by atoms with van der Waals surface area (Å²) < 4.78 is 5.79. The topological polar surface area (TPSA) is 64.1 Å². The molecule has 1 aromatic rings. The van der Waals surface area contributed by atoms with Crippen LogP contribution in [0.5, 0.6) is 0 Å². The van der Waals surface area contributed by atoms with Crippen LogP contribution < -0.4 is 5.32 Å². The molecule has 0 aliphatic heterocycles. The second-order valence-corrected chi connectivity index (χ2v) is 5.35. The maximum atomic E-state index is 11.7. The van der Waals surface area contributed by atoms with Gasteiger partial charge in [-0.1, -0.05) is 30.9 Å². The van der Waals surface area contributed by atoms with Crippen LogP contribution in [0.2, 0.25) is 5.15 Å². The molecule has 0 aromatic carbocycles. The first-order valence-corrected chi connectivity index (χ1v) is 7.51. The molecule has 1 heterocycles. The minimum absolute atomic E-state index is 0.230. The second kappa shape index (κ2) is 8.17. The highest BCUT2D eigenvalue weighted by molar-refractivity contribution is 6.29. The summed E-state index contributed by atoms with van der Waals surface area (Å²) in [7, 11) is 0. The van der Waals surface area contributed by atoms with Crippen LogP contribution in [0.15, 0.2) is 12.4 Å². The second-order valence-electron chi connectivity index (χ2n) is 4.96. The van der Waals surface area contributed by atoms with Crippen molar-refractivity contribution in [2.45, 2.75) is 44.6 Å². The first-order chi connectivity index (χ1) is 9.75. The number of nitrogens with one attached hydrogen (secondary N) is 1. The normalized spacial score (nSPS) is 16.1. The van der Waals surface area contributed by atoms with E-state index in [1.54, 1.807) is 0 Å². The van der Waals surface area contributed by atoms with Crippen LogP contribution in [-0.4, -0.2) is 35.1 Å². The Kier molecular flexibility index (Phi) is 6.21. The Bertz CT molecular complexity index is 419. The van der Waals surface area contributed by atoms with Gasteiger partial charge in [0.15, 0.2) is 0 Å². The number of carbonyl (C=O) groups is 1. The SMILES string of the molecule is O=C(NCCCOC1CCCCC1)c1cnc(Cl)cn1. The maximum absolute atomic E-state index is 11.7. The summed E-state index contributed by atoms with van der Waals surface area (Å²) in [6, 6.07) is 0. The minimum Gasteiger partial charge on any atom is -0.378 e. The van der Waals surface area contributed by atoms with Crippen LogP contribution in [0.25, 0.3) is 0 Å². The molecule has 0 unspecified atom stereocenters. The van der Waals surface area contributed by atoms with Gasteiger partial charge in [0, 0.05) is 13.2 Å². The highest BCUT2D eigenvalue weighted by Gasteiger charge is 2.13. The van der Waals surface area contributed by atoms with E-state index in [4.69, 9.17) is 16.3 Å². The lowest BCUT2D eigenvalue weighted by Crippen LogP contribution is -2.27. The van der Waals surface area contributed by atoms with E-state index in [0.717, 1.165) is 6.42 Å². The Morgan fingerprint density at radius 2 is 2.10 bits per heavy atom. The Morgan fingerprint density at radius 3 is 2.80 bits per heavy atom. The zero-order chi connectivity index (χ0) is 14.2. The van der Waals surface area contributed by atoms with Gasteiger partial charge in [0.05, 0.1) is 18.5 Å². The van der Waals surface area contributed by atoms with Gasteiger partial charge < -0.3 is 10.1 Å². The summed E-state index contributed by atoms with van der Waals surface area (Å²) in [5.41, 5.74) is 0.280. The zero-order valence-electron chi connectivity index (χ0n) is 11.5. The van der Waals surface area contributed by atoms with Crippen molar-refractivity contribution in [3.05, 3.63) is 23.2 Å². The molecule has 1 N–H and O–H groups in total. The van der Waals surface area contributed by atoms with E-state index in [1.807, 2.05) is 0 Å². The van der Waals surface area contributed by atoms with Gasteiger partial charge in [0.2, 0.25) is 0 Å². The summed E-state index contributed by atoms with van der Waals surface area (Å²) in [5, 5.41) is 3.07. The van der Waals surface area contributed by atoms with E-state index < -0.39 is 0 Å². The Morgan fingerprint density at radius 1 is 1.30 bits per heavy atom. The third-order valence-corrected chi connectivity index (χ3v) is 3.56. The fraction of sp³-hybridized carbons (Fsp3) is 0.643. The summed E-state index contributed by atoms with van der Waals surface area (Å²) in [5.74, 6) is -0.230. The molecular formula is C14H20ClN3O2. The predicted molar refractivity (Wildman–Crippen MR) is 76.8 cm³/mol. The Labute approximate surface area is 124 Å². The molecule has 5 nitrogen and oxygen atoms in total. The maximum Gasteiger partial charge on any atom is 0.271 e. The third-order valence-electron chi connectivity index (χ3n) is 3.37. The first kappa shape index (κ1) is 15.2. The number of rotatable bonds is 6. The van der Waals surface area contributed by atoms with Crippen LogP contribution in [0, 0.1) is 0 Å². The lowest BCUT2D eigenvalue weighted by molar-refractivity contribution is 0.0273. The quantitative estimate of drug-likeness (QED) is 0.820. The van der Waals surface area contributed by atoms with Crippen LogP contribution in [0.4, 0.5) is 0 Å². The van der Waals surface area contributed by atoms with Crippen molar-refractivity contribution in [2.24, 2.45) is 0 Å². The van der Waals surface area contributed by atoms with Crippen molar-refractivity contribution >= 4 is 17.5 Å². The van der Waals surface area contributed by atoms with E-state index >= 15 is 0 Å². The van der Waals surface area contributed by atoms with Crippen molar-refractivity contribution in [1.82, 2.24) is 15.3 Å². The monoisotopic (exact) mass is 297 g/mol. The average molecular weight is 298 g/mol. The lowest BCUT2D eigenvalue weighted by Gasteiger charge is -2.21. The van der Waals surface area contributed by atoms with Gasteiger partial charge in [0.25, 0.3) is 5.91 Å². The molecular weight excluding hydrogens is 278 g/mol. The van der Waals surface area contributed by atoms with Crippen LogP contribution in [0.1, 0.15) is 49.0 Å². The molecule has 1 fully saturated rings. The van der Waals surface area contributed by atoms with Crippen molar-refractivity contribution in [3.63, 3.8) is 0 Å². The van der Waals surface area contributed by atoms with Crippen LogP contribution >= 0.6 is 11.6 Å². The number of hydrogen-bond donors (Lipinski definition) is 1. The van der Waals surface area contributed by atoms with Crippen LogP contribution in [-0.2, 0) is 4.74 Å².